The van der Waals surface area contributed by atoms with Crippen LogP contribution in [0.4, 0.5) is 0 Å². The number of carbonyl (C=O) groups is 2. The lowest BCUT2D eigenvalue weighted by molar-refractivity contribution is -0.142. The van der Waals surface area contributed by atoms with Crippen molar-refractivity contribution in [3.05, 3.63) is 0 Å². The van der Waals surface area contributed by atoms with Gasteiger partial charge in [0.15, 0.2) is 0 Å². The van der Waals surface area contributed by atoms with Gasteiger partial charge in [-0.2, -0.15) is 0 Å². The predicted octanol–water partition coefficient (Wildman–Crippen LogP) is 1.57. The summed E-state index contributed by atoms with van der Waals surface area (Å²) >= 11 is 0. The molecular weight excluding hydrogens is 244 g/mol. The van der Waals surface area contributed by atoms with Crippen molar-refractivity contribution in [2.45, 2.75) is 58.0 Å². The highest BCUT2D eigenvalue weighted by atomic mass is 16.4. The molecule has 1 N–H and O–H groups in total. The standard InChI is InChI=1S/C14H26N2O3/c1-4-12-7-5-6-9-16(12)14(19)11(2)15(3)10-8-13(17)18/h11-12H,4-10H2,1-3H3,(H,17,18). The van der Waals surface area contributed by atoms with E-state index in [2.05, 4.69) is 6.92 Å². The SMILES string of the molecule is CCC1CCCCN1C(=O)C(C)N(C)CCC(=O)O. The maximum atomic E-state index is 12.5. The third kappa shape index (κ3) is 4.49. The van der Waals surface area contributed by atoms with E-state index in [0.29, 0.717) is 12.6 Å². The van der Waals surface area contributed by atoms with E-state index in [1.807, 2.05) is 23.8 Å². The van der Waals surface area contributed by atoms with Gasteiger partial charge in [0, 0.05) is 19.1 Å². The van der Waals surface area contributed by atoms with E-state index in [9.17, 15) is 9.59 Å². The van der Waals surface area contributed by atoms with E-state index >= 15 is 0 Å². The number of piperidine rings is 1. The molecule has 1 amide bonds. The van der Waals surface area contributed by atoms with Gasteiger partial charge in [-0.15, -0.1) is 0 Å². The molecule has 110 valence electrons. The molecule has 2 unspecified atom stereocenters. The Bertz CT molecular complexity index is 320. The van der Waals surface area contributed by atoms with Crippen molar-refractivity contribution in [2.24, 2.45) is 0 Å². The van der Waals surface area contributed by atoms with Crippen LogP contribution < -0.4 is 0 Å². The number of aliphatic carboxylic acids is 1. The molecule has 1 rings (SSSR count). The number of carboxylic acids is 1. The Labute approximate surface area is 115 Å². The number of likely N-dealkylation sites (tertiary alicyclic amines) is 1. The average Bonchev–Trinajstić information content (AvgIpc) is 2.42. The van der Waals surface area contributed by atoms with Gasteiger partial charge in [-0.05, 0) is 39.7 Å². The molecule has 1 saturated heterocycles. The summed E-state index contributed by atoms with van der Waals surface area (Å²) in [5, 5.41) is 8.69. The number of nitrogens with zero attached hydrogens (tertiary/aromatic N) is 2. The molecule has 0 aromatic rings. The Hall–Kier alpha value is -1.10. The Morgan fingerprint density at radius 1 is 1.42 bits per heavy atom. The van der Waals surface area contributed by atoms with E-state index in [0.717, 1.165) is 25.8 Å². The van der Waals surface area contributed by atoms with Crippen molar-refractivity contribution in [1.82, 2.24) is 9.80 Å². The van der Waals surface area contributed by atoms with E-state index in [1.165, 1.54) is 6.42 Å². The lowest BCUT2D eigenvalue weighted by Gasteiger charge is -2.38. The van der Waals surface area contributed by atoms with Crippen LogP contribution in [0.15, 0.2) is 0 Å². The van der Waals surface area contributed by atoms with Crippen LogP contribution >= 0.6 is 0 Å². The molecule has 0 aromatic carbocycles. The number of amides is 1. The molecule has 1 aliphatic heterocycles. The van der Waals surface area contributed by atoms with E-state index in [-0.39, 0.29) is 18.4 Å². The maximum Gasteiger partial charge on any atom is 0.304 e. The van der Waals surface area contributed by atoms with Gasteiger partial charge >= 0.3 is 5.97 Å². The minimum absolute atomic E-state index is 0.0747. The second-order valence-corrected chi connectivity index (χ2v) is 5.39. The summed E-state index contributed by atoms with van der Waals surface area (Å²) in [5.74, 6) is -0.685. The van der Waals surface area contributed by atoms with Crippen molar-refractivity contribution in [1.29, 1.82) is 0 Å². The summed E-state index contributed by atoms with van der Waals surface area (Å²) in [5.41, 5.74) is 0. The number of carbonyl (C=O) groups excluding carboxylic acids is 1. The molecule has 0 bridgehead atoms. The van der Waals surface area contributed by atoms with Gasteiger partial charge in [-0.1, -0.05) is 6.92 Å². The third-order valence-electron chi connectivity index (χ3n) is 4.08. The summed E-state index contributed by atoms with van der Waals surface area (Å²) in [6.07, 6.45) is 4.44. The first kappa shape index (κ1) is 16.0. The highest BCUT2D eigenvalue weighted by Crippen LogP contribution is 2.21. The Balaban J connectivity index is 2.56. The zero-order valence-corrected chi connectivity index (χ0v) is 12.3. The summed E-state index contributed by atoms with van der Waals surface area (Å²) in [6, 6.07) is 0.114. The number of hydrogen-bond acceptors (Lipinski definition) is 3. The quantitative estimate of drug-likeness (QED) is 0.796. The first-order valence-corrected chi connectivity index (χ1v) is 7.19. The summed E-state index contributed by atoms with van der Waals surface area (Å²) in [7, 11) is 1.82. The van der Waals surface area contributed by atoms with Gasteiger partial charge in [0.05, 0.1) is 12.5 Å². The molecule has 2 atom stereocenters. The molecule has 0 aliphatic carbocycles. The summed E-state index contributed by atoms with van der Waals surface area (Å²) in [6.45, 7) is 5.24. The third-order valence-corrected chi connectivity index (χ3v) is 4.08. The Morgan fingerprint density at radius 2 is 2.11 bits per heavy atom. The monoisotopic (exact) mass is 270 g/mol. The highest BCUT2D eigenvalue weighted by Gasteiger charge is 2.30. The molecule has 19 heavy (non-hydrogen) atoms. The van der Waals surface area contributed by atoms with Crippen molar-refractivity contribution in [3.63, 3.8) is 0 Å². The van der Waals surface area contributed by atoms with Gasteiger partial charge in [0.1, 0.15) is 0 Å². The first-order valence-electron chi connectivity index (χ1n) is 7.19. The molecule has 5 heteroatoms. The summed E-state index contributed by atoms with van der Waals surface area (Å²) < 4.78 is 0. The molecule has 0 saturated carbocycles. The van der Waals surface area contributed by atoms with Gasteiger partial charge in [0.2, 0.25) is 5.91 Å². The molecular formula is C14H26N2O3. The minimum atomic E-state index is -0.823. The lowest BCUT2D eigenvalue weighted by Crippen LogP contribution is -2.51. The molecule has 0 spiro atoms. The molecule has 1 heterocycles. The molecule has 0 aromatic heterocycles. The second-order valence-electron chi connectivity index (χ2n) is 5.39. The van der Waals surface area contributed by atoms with Crippen LogP contribution in [-0.4, -0.2) is 59.0 Å². The fourth-order valence-electron chi connectivity index (χ4n) is 2.61. The van der Waals surface area contributed by atoms with Gasteiger partial charge < -0.3 is 10.0 Å². The maximum absolute atomic E-state index is 12.5. The van der Waals surface area contributed by atoms with Crippen molar-refractivity contribution >= 4 is 11.9 Å². The van der Waals surface area contributed by atoms with Gasteiger partial charge in [0.25, 0.3) is 0 Å². The highest BCUT2D eigenvalue weighted by molar-refractivity contribution is 5.82. The molecule has 1 fully saturated rings. The number of carboxylic acid groups (broad SMARTS) is 1. The fourth-order valence-corrected chi connectivity index (χ4v) is 2.61. The van der Waals surface area contributed by atoms with E-state index in [4.69, 9.17) is 5.11 Å². The van der Waals surface area contributed by atoms with Crippen LogP contribution in [0.3, 0.4) is 0 Å². The second kappa shape index (κ2) is 7.48. The lowest BCUT2D eigenvalue weighted by atomic mass is 9.99. The van der Waals surface area contributed by atoms with Crippen LogP contribution in [-0.2, 0) is 9.59 Å². The van der Waals surface area contributed by atoms with Crippen LogP contribution in [0.5, 0.6) is 0 Å². The molecule has 5 nitrogen and oxygen atoms in total. The minimum Gasteiger partial charge on any atom is -0.481 e. The van der Waals surface area contributed by atoms with E-state index < -0.39 is 5.97 Å². The Morgan fingerprint density at radius 3 is 2.68 bits per heavy atom. The van der Waals surface area contributed by atoms with Gasteiger partial charge in [-0.25, -0.2) is 0 Å². The van der Waals surface area contributed by atoms with Crippen LogP contribution in [0.2, 0.25) is 0 Å². The van der Waals surface area contributed by atoms with Crippen LogP contribution in [0.25, 0.3) is 0 Å². The largest absolute Gasteiger partial charge is 0.481 e. The number of rotatable bonds is 6. The van der Waals surface area contributed by atoms with Crippen molar-refractivity contribution in [2.75, 3.05) is 20.1 Å². The topological polar surface area (TPSA) is 60.9 Å². The first-order chi connectivity index (χ1) is 8.97. The molecule has 1 aliphatic rings. The number of hydrogen-bond donors (Lipinski definition) is 1. The van der Waals surface area contributed by atoms with Crippen LogP contribution in [0, 0.1) is 0 Å². The number of likely N-dealkylation sites (N-methyl/N-ethyl adjacent to an activating group) is 1. The normalized spacial score (nSPS) is 21.5. The van der Waals surface area contributed by atoms with Crippen molar-refractivity contribution < 1.29 is 14.7 Å². The fraction of sp³-hybridized carbons (Fsp3) is 0.857. The van der Waals surface area contributed by atoms with Crippen molar-refractivity contribution in [3.8, 4) is 0 Å². The van der Waals surface area contributed by atoms with E-state index in [1.54, 1.807) is 0 Å². The van der Waals surface area contributed by atoms with Gasteiger partial charge in [-0.3, -0.25) is 14.5 Å². The zero-order chi connectivity index (χ0) is 14.4. The van der Waals surface area contributed by atoms with Crippen LogP contribution in [0.1, 0.15) is 46.0 Å². The Kier molecular flexibility index (Phi) is 6.28. The summed E-state index contributed by atoms with van der Waals surface area (Å²) in [4.78, 5) is 26.9. The molecule has 0 radical (unpaired) electrons. The zero-order valence-electron chi connectivity index (χ0n) is 12.3. The average molecular weight is 270 g/mol. The predicted molar refractivity (Wildman–Crippen MR) is 74.0 cm³/mol. The smallest absolute Gasteiger partial charge is 0.304 e.